The quantitative estimate of drug-likeness (QED) is 0.722. The monoisotopic (exact) mass is 348 g/mol. The third-order valence-corrected chi connectivity index (χ3v) is 5.33. The molecule has 0 N–H and O–H groups in total. The van der Waals surface area contributed by atoms with Crippen LogP contribution >= 0.6 is 27.7 Å². The molecule has 0 aliphatic carbocycles. The van der Waals surface area contributed by atoms with E-state index >= 15 is 0 Å². The van der Waals surface area contributed by atoms with Crippen LogP contribution in [0.2, 0.25) is 0 Å². The summed E-state index contributed by atoms with van der Waals surface area (Å²) in [5.41, 5.74) is 3.45. The number of rotatable bonds is 2. The van der Waals surface area contributed by atoms with Crippen LogP contribution in [0, 0.1) is 0 Å². The summed E-state index contributed by atoms with van der Waals surface area (Å²) in [6, 6.07) is 15.2. The fraction of sp³-hybridized carbons (Fsp3) is 0.294. The van der Waals surface area contributed by atoms with Crippen molar-refractivity contribution in [3.63, 3.8) is 0 Å². The largest absolute Gasteiger partial charge is 0.355 e. The van der Waals surface area contributed by atoms with E-state index < -0.39 is 0 Å². The van der Waals surface area contributed by atoms with E-state index in [1.807, 2.05) is 0 Å². The fourth-order valence-corrected chi connectivity index (χ4v) is 3.94. The first kappa shape index (κ1) is 14.2. The predicted molar refractivity (Wildman–Crippen MR) is 88.2 cm³/mol. The Morgan fingerprint density at radius 1 is 1.20 bits per heavy atom. The molecule has 0 aromatic heterocycles. The Balaban J connectivity index is 2.10. The predicted octanol–water partition coefficient (Wildman–Crippen LogP) is 5.35. The van der Waals surface area contributed by atoms with Crippen LogP contribution in [-0.2, 0) is 16.8 Å². The molecule has 0 bridgehead atoms. The highest BCUT2D eigenvalue weighted by atomic mass is 79.9. The first-order chi connectivity index (χ1) is 9.63. The van der Waals surface area contributed by atoms with Gasteiger partial charge in [-0.1, -0.05) is 58.9 Å². The SMILES string of the molecule is CCc1ccc(C2(C)OCSc3ccc(Br)cc32)cc1. The normalized spacial score (nSPS) is 21.6. The minimum Gasteiger partial charge on any atom is -0.355 e. The molecule has 2 aromatic rings. The Labute approximate surface area is 132 Å². The maximum Gasteiger partial charge on any atom is 0.118 e. The summed E-state index contributed by atoms with van der Waals surface area (Å²) < 4.78 is 7.24. The number of fused-ring (bicyclic) bond motifs is 1. The van der Waals surface area contributed by atoms with Gasteiger partial charge in [-0.15, -0.1) is 0 Å². The molecule has 0 amide bonds. The Kier molecular flexibility index (Phi) is 3.93. The molecule has 0 saturated heterocycles. The van der Waals surface area contributed by atoms with Gasteiger partial charge in [0.2, 0.25) is 0 Å². The maximum atomic E-state index is 6.15. The molecule has 0 radical (unpaired) electrons. The molecule has 20 heavy (non-hydrogen) atoms. The van der Waals surface area contributed by atoms with E-state index in [1.54, 1.807) is 11.8 Å². The van der Waals surface area contributed by atoms with Gasteiger partial charge < -0.3 is 4.74 Å². The number of ether oxygens (including phenoxy) is 1. The Morgan fingerprint density at radius 2 is 1.95 bits per heavy atom. The van der Waals surface area contributed by atoms with Gasteiger partial charge in [0.25, 0.3) is 0 Å². The van der Waals surface area contributed by atoms with Crippen molar-refractivity contribution >= 4 is 27.7 Å². The van der Waals surface area contributed by atoms with Crippen LogP contribution in [-0.4, -0.2) is 5.94 Å². The molecule has 1 aliphatic rings. The van der Waals surface area contributed by atoms with E-state index in [4.69, 9.17) is 4.74 Å². The van der Waals surface area contributed by atoms with Gasteiger partial charge in [-0.3, -0.25) is 0 Å². The molecule has 1 heterocycles. The number of halogens is 1. The van der Waals surface area contributed by atoms with E-state index in [2.05, 4.69) is 72.2 Å². The molecular formula is C17H17BrOS. The van der Waals surface area contributed by atoms with Crippen LogP contribution in [0.3, 0.4) is 0 Å². The fourth-order valence-electron chi connectivity index (χ4n) is 2.59. The van der Waals surface area contributed by atoms with Crippen LogP contribution in [0.1, 0.15) is 30.5 Å². The van der Waals surface area contributed by atoms with Crippen molar-refractivity contribution in [3.8, 4) is 0 Å². The summed E-state index contributed by atoms with van der Waals surface area (Å²) in [4.78, 5) is 1.31. The van der Waals surface area contributed by atoms with E-state index in [-0.39, 0.29) is 5.60 Å². The lowest BCUT2D eigenvalue weighted by molar-refractivity contribution is 0.0212. The van der Waals surface area contributed by atoms with Gasteiger partial charge in [0, 0.05) is 14.9 Å². The summed E-state index contributed by atoms with van der Waals surface area (Å²) in [5.74, 6) is 0.695. The second kappa shape index (κ2) is 5.55. The lowest BCUT2D eigenvalue weighted by Crippen LogP contribution is -2.31. The van der Waals surface area contributed by atoms with Crippen LogP contribution in [0.15, 0.2) is 51.8 Å². The highest BCUT2D eigenvalue weighted by Crippen LogP contribution is 2.44. The van der Waals surface area contributed by atoms with Gasteiger partial charge in [0.1, 0.15) is 5.60 Å². The molecule has 104 valence electrons. The minimum absolute atomic E-state index is 0.364. The maximum absolute atomic E-state index is 6.15. The second-order valence-corrected chi connectivity index (χ2v) is 7.01. The van der Waals surface area contributed by atoms with Crippen LogP contribution < -0.4 is 0 Å². The molecule has 3 rings (SSSR count). The Hall–Kier alpha value is -0.770. The Morgan fingerprint density at radius 3 is 2.65 bits per heavy atom. The van der Waals surface area contributed by atoms with Crippen molar-refractivity contribution < 1.29 is 4.74 Å². The minimum atomic E-state index is -0.364. The summed E-state index contributed by atoms with van der Waals surface area (Å²) in [6.45, 7) is 4.34. The van der Waals surface area contributed by atoms with Gasteiger partial charge in [-0.2, -0.15) is 0 Å². The van der Waals surface area contributed by atoms with E-state index in [0.29, 0.717) is 5.94 Å². The number of hydrogen-bond acceptors (Lipinski definition) is 2. The number of thioether (sulfide) groups is 1. The first-order valence-electron chi connectivity index (χ1n) is 6.79. The molecule has 1 nitrogen and oxygen atoms in total. The zero-order valence-electron chi connectivity index (χ0n) is 11.7. The lowest BCUT2D eigenvalue weighted by atomic mass is 9.87. The van der Waals surface area contributed by atoms with Gasteiger partial charge in [-0.25, -0.2) is 0 Å². The van der Waals surface area contributed by atoms with Crippen LogP contribution in [0.25, 0.3) is 0 Å². The van der Waals surface area contributed by atoms with Crippen molar-refractivity contribution in [3.05, 3.63) is 63.6 Å². The third kappa shape index (κ3) is 2.43. The number of hydrogen-bond donors (Lipinski definition) is 0. The molecule has 1 aliphatic heterocycles. The van der Waals surface area contributed by atoms with Crippen molar-refractivity contribution in [2.24, 2.45) is 0 Å². The second-order valence-electron chi connectivity index (χ2n) is 5.13. The number of benzene rings is 2. The summed E-state index contributed by atoms with van der Waals surface area (Å²) in [7, 11) is 0. The molecule has 0 fully saturated rings. The van der Waals surface area contributed by atoms with Crippen LogP contribution in [0.5, 0.6) is 0 Å². The Bertz CT molecular complexity index is 623. The molecule has 1 atom stereocenters. The average molecular weight is 349 g/mol. The molecule has 3 heteroatoms. The zero-order valence-corrected chi connectivity index (χ0v) is 14.1. The van der Waals surface area contributed by atoms with Crippen molar-refractivity contribution in [2.75, 3.05) is 5.94 Å². The molecule has 1 unspecified atom stereocenters. The van der Waals surface area contributed by atoms with Gasteiger partial charge >= 0.3 is 0 Å². The van der Waals surface area contributed by atoms with Crippen molar-refractivity contribution in [2.45, 2.75) is 30.8 Å². The van der Waals surface area contributed by atoms with Crippen molar-refractivity contribution in [1.82, 2.24) is 0 Å². The first-order valence-corrected chi connectivity index (χ1v) is 8.57. The molecular weight excluding hydrogens is 332 g/mol. The smallest absolute Gasteiger partial charge is 0.118 e. The van der Waals surface area contributed by atoms with E-state index in [1.165, 1.54) is 21.6 Å². The standard InChI is InChI=1S/C17H17BrOS/c1-3-12-4-6-13(7-5-12)17(2)15-10-14(18)8-9-16(15)20-11-19-17/h4-10H,3,11H2,1-2H3. The van der Waals surface area contributed by atoms with Crippen LogP contribution in [0.4, 0.5) is 0 Å². The summed E-state index contributed by atoms with van der Waals surface area (Å²) in [6.07, 6.45) is 1.07. The molecule has 2 aromatic carbocycles. The van der Waals surface area contributed by atoms with E-state index in [0.717, 1.165) is 10.9 Å². The highest BCUT2D eigenvalue weighted by Gasteiger charge is 2.35. The topological polar surface area (TPSA) is 9.23 Å². The molecule has 0 saturated carbocycles. The highest BCUT2D eigenvalue weighted by molar-refractivity contribution is 9.10. The van der Waals surface area contributed by atoms with Crippen molar-refractivity contribution in [1.29, 1.82) is 0 Å². The van der Waals surface area contributed by atoms with E-state index in [9.17, 15) is 0 Å². The lowest BCUT2D eigenvalue weighted by Gasteiger charge is -2.36. The number of aryl methyl sites for hydroxylation is 1. The van der Waals surface area contributed by atoms with Gasteiger partial charge in [0.05, 0.1) is 5.94 Å². The summed E-state index contributed by atoms with van der Waals surface area (Å²) in [5, 5.41) is 0. The molecule has 0 spiro atoms. The third-order valence-electron chi connectivity index (χ3n) is 3.93. The zero-order chi connectivity index (χ0) is 14.2. The summed E-state index contributed by atoms with van der Waals surface area (Å²) >= 11 is 5.33. The average Bonchev–Trinajstić information content (AvgIpc) is 2.48. The van der Waals surface area contributed by atoms with Gasteiger partial charge in [0.15, 0.2) is 0 Å². The van der Waals surface area contributed by atoms with Gasteiger partial charge in [-0.05, 0) is 42.7 Å².